The molecule has 2 rings (SSSR count). The lowest BCUT2D eigenvalue weighted by atomic mass is 9.87. The standard InChI is InChI=1S/C16H27NO4/c1-3-11(2)21-16(20)17-9-8-13(7-6-12-4-5-12)10-14(17)15(18)19/h11-14H,3-10H2,1-2H3,(H,18,19). The summed E-state index contributed by atoms with van der Waals surface area (Å²) in [6, 6.07) is -0.723. The molecule has 0 aromatic heterocycles. The minimum Gasteiger partial charge on any atom is -0.480 e. The zero-order chi connectivity index (χ0) is 15.4. The Morgan fingerprint density at radius 3 is 2.48 bits per heavy atom. The van der Waals surface area contributed by atoms with Gasteiger partial charge in [0.1, 0.15) is 12.1 Å². The van der Waals surface area contributed by atoms with Gasteiger partial charge in [0.05, 0.1) is 0 Å². The van der Waals surface area contributed by atoms with Crippen LogP contribution in [0.15, 0.2) is 0 Å². The lowest BCUT2D eigenvalue weighted by Gasteiger charge is -2.37. The van der Waals surface area contributed by atoms with Crippen LogP contribution in [0.4, 0.5) is 4.79 Å². The predicted molar refractivity (Wildman–Crippen MR) is 79.0 cm³/mol. The summed E-state index contributed by atoms with van der Waals surface area (Å²) in [6.07, 6.45) is 6.55. The van der Waals surface area contributed by atoms with Crippen LogP contribution in [0.1, 0.15) is 58.8 Å². The molecule has 5 heteroatoms. The van der Waals surface area contributed by atoms with Crippen molar-refractivity contribution in [3.05, 3.63) is 0 Å². The van der Waals surface area contributed by atoms with Crippen molar-refractivity contribution in [2.24, 2.45) is 11.8 Å². The van der Waals surface area contributed by atoms with E-state index in [1.807, 2.05) is 13.8 Å². The highest BCUT2D eigenvalue weighted by Gasteiger charge is 2.37. The number of ether oxygens (including phenoxy) is 1. The quantitative estimate of drug-likeness (QED) is 0.817. The van der Waals surface area contributed by atoms with Crippen molar-refractivity contribution >= 4 is 12.1 Å². The molecule has 1 aliphatic carbocycles. The zero-order valence-corrected chi connectivity index (χ0v) is 13.1. The Labute approximate surface area is 126 Å². The number of likely N-dealkylation sites (tertiary alicyclic amines) is 1. The van der Waals surface area contributed by atoms with E-state index < -0.39 is 18.1 Å². The Bertz CT molecular complexity index is 380. The second kappa shape index (κ2) is 7.14. The molecular formula is C16H27NO4. The minimum absolute atomic E-state index is 0.167. The third kappa shape index (κ3) is 4.61. The summed E-state index contributed by atoms with van der Waals surface area (Å²) in [5.41, 5.74) is 0. The van der Waals surface area contributed by atoms with Gasteiger partial charge in [-0.25, -0.2) is 9.59 Å². The lowest BCUT2D eigenvalue weighted by Crippen LogP contribution is -2.50. The van der Waals surface area contributed by atoms with Gasteiger partial charge in [-0.1, -0.05) is 32.6 Å². The lowest BCUT2D eigenvalue weighted by molar-refractivity contribution is -0.144. The Kier molecular flexibility index (Phi) is 5.48. The van der Waals surface area contributed by atoms with Crippen molar-refractivity contribution in [3.8, 4) is 0 Å². The fraction of sp³-hybridized carbons (Fsp3) is 0.875. The number of carbonyl (C=O) groups is 2. The molecule has 2 fully saturated rings. The maximum Gasteiger partial charge on any atom is 0.410 e. The van der Waals surface area contributed by atoms with E-state index in [2.05, 4.69) is 0 Å². The number of aliphatic carboxylic acids is 1. The SMILES string of the molecule is CCC(C)OC(=O)N1CCC(CCC2CC2)CC1C(=O)O. The smallest absolute Gasteiger partial charge is 0.410 e. The van der Waals surface area contributed by atoms with Crippen molar-refractivity contribution in [2.75, 3.05) is 6.54 Å². The van der Waals surface area contributed by atoms with Gasteiger partial charge < -0.3 is 9.84 Å². The molecule has 5 nitrogen and oxygen atoms in total. The Morgan fingerprint density at radius 2 is 1.90 bits per heavy atom. The Morgan fingerprint density at radius 1 is 1.24 bits per heavy atom. The zero-order valence-electron chi connectivity index (χ0n) is 13.1. The fourth-order valence-corrected chi connectivity index (χ4v) is 2.95. The molecule has 1 saturated carbocycles. The van der Waals surface area contributed by atoms with E-state index in [1.54, 1.807) is 0 Å². The number of carboxylic acid groups (broad SMARTS) is 1. The topological polar surface area (TPSA) is 66.8 Å². The molecule has 120 valence electrons. The monoisotopic (exact) mass is 297 g/mol. The van der Waals surface area contributed by atoms with Crippen molar-refractivity contribution in [2.45, 2.75) is 70.9 Å². The first kappa shape index (κ1) is 16.1. The van der Waals surface area contributed by atoms with Crippen LogP contribution in [0.25, 0.3) is 0 Å². The van der Waals surface area contributed by atoms with Gasteiger partial charge >= 0.3 is 12.1 Å². The summed E-state index contributed by atoms with van der Waals surface area (Å²) in [6.45, 7) is 4.27. The molecule has 0 bridgehead atoms. The molecule has 1 heterocycles. The number of amides is 1. The number of hydrogen-bond acceptors (Lipinski definition) is 3. The molecule has 3 atom stereocenters. The highest BCUT2D eigenvalue weighted by Crippen LogP contribution is 2.37. The van der Waals surface area contributed by atoms with Gasteiger partial charge in [-0.2, -0.15) is 0 Å². The van der Waals surface area contributed by atoms with Gasteiger partial charge in [0.2, 0.25) is 0 Å². The Balaban J connectivity index is 1.89. The average Bonchev–Trinajstić information content (AvgIpc) is 3.28. The largest absolute Gasteiger partial charge is 0.480 e. The van der Waals surface area contributed by atoms with Crippen LogP contribution in [0.3, 0.4) is 0 Å². The first-order chi connectivity index (χ1) is 10.0. The summed E-state index contributed by atoms with van der Waals surface area (Å²) < 4.78 is 5.29. The van der Waals surface area contributed by atoms with E-state index >= 15 is 0 Å². The van der Waals surface area contributed by atoms with Crippen molar-refractivity contribution in [1.82, 2.24) is 4.90 Å². The van der Waals surface area contributed by atoms with Gasteiger partial charge in [0, 0.05) is 6.54 Å². The average molecular weight is 297 g/mol. The molecule has 21 heavy (non-hydrogen) atoms. The molecule has 0 aromatic carbocycles. The first-order valence-corrected chi connectivity index (χ1v) is 8.21. The summed E-state index contributed by atoms with van der Waals surface area (Å²) >= 11 is 0. The molecular weight excluding hydrogens is 270 g/mol. The van der Waals surface area contributed by atoms with E-state index in [-0.39, 0.29) is 6.10 Å². The normalized spacial score (nSPS) is 27.2. The van der Waals surface area contributed by atoms with Gasteiger partial charge in [-0.15, -0.1) is 0 Å². The maximum atomic E-state index is 12.1. The summed E-state index contributed by atoms with van der Waals surface area (Å²) in [4.78, 5) is 25.0. The van der Waals surface area contributed by atoms with Crippen LogP contribution in [0.5, 0.6) is 0 Å². The van der Waals surface area contributed by atoms with E-state index in [4.69, 9.17) is 4.74 Å². The van der Waals surface area contributed by atoms with E-state index in [0.29, 0.717) is 18.9 Å². The van der Waals surface area contributed by atoms with E-state index in [1.165, 1.54) is 24.2 Å². The van der Waals surface area contributed by atoms with Crippen LogP contribution >= 0.6 is 0 Å². The van der Waals surface area contributed by atoms with Crippen molar-refractivity contribution in [3.63, 3.8) is 0 Å². The van der Waals surface area contributed by atoms with Gasteiger partial charge in [0.15, 0.2) is 0 Å². The molecule has 1 aliphatic heterocycles. The van der Waals surface area contributed by atoms with Gasteiger partial charge in [0.25, 0.3) is 0 Å². The Hall–Kier alpha value is -1.26. The molecule has 1 amide bonds. The molecule has 1 saturated heterocycles. The number of piperidine rings is 1. The minimum atomic E-state index is -0.910. The number of rotatable bonds is 6. The number of carboxylic acids is 1. The van der Waals surface area contributed by atoms with Crippen LogP contribution in [0, 0.1) is 11.8 Å². The molecule has 0 radical (unpaired) electrons. The summed E-state index contributed by atoms with van der Waals surface area (Å²) in [5, 5.41) is 9.41. The fourth-order valence-electron chi connectivity index (χ4n) is 2.95. The van der Waals surface area contributed by atoms with Crippen LogP contribution < -0.4 is 0 Å². The van der Waals surface area contributed by atoms with E-state index in [0.717, 1.165) is 25.2 Å². The third-order valence-electron chi connectivity index (χ3n) is 4.79. The van der Waals surface area contributed by atoms with Crippen molar-refractivity contribution < 1.29 is 19.4 Å². The summed E-state index contributed by atoms with van der Waals surface area (Å²) in [7, 11) is 0. The molecule has 3 unspecified atom stereocenters. The number of nitrogens with zero attached hydrogens (tertiary/aromatic N) is 1. The third-order valence-corrected chi connectivity index (χ3v) is 4.79. The maximum absolute atomic E-state index is 12.1. The predicted octanol–water partition coefficient (Wildman–Crippen LogP) is 3.28. The van der Waals surface area contributed by atoms with Gasteiger partial charge in [-0.05, 0) is 38.0 Å². The number of hydrogen-bond donors (Lipinski definition) is 1. The number of carbonyl (C=O) groups excluding carboxylic acids is 1. The second-order valence-electron chi connectivity index (χ2n) is 6.56. The van der Waals surface area contributed by atoms with Crippen LogP contribution in [0.2, 0.25) is 0 Å². The van der Waals surface area contributed by atoms with Crippen LogP contribution in [-0.4, -0.2) is 40.8 Å². The highest BCUT2D eigenvalue weighted by atomic mass is 16.6. The molecule has 2 aliphatic rings. The van der Waals surface area contributed by atoms with E-state index in [9.17, 15) is 14.7 Å². The van der Waals surface area contributed by atoms with Crippen molar-refractivity contribution in [1.29, 1.82) is 0 Å². The molecule has 1 N–H and O–H groups in total. The molecule has 0 spiro atoms. The summed E-state index contributed by atoms with van der Waals surface area (Å²) in [5.74, 6) is 0.397. The van der Waals surface area contributed by atoms with Crippen LogP contribution in [-0.2, 0) is 9.53 Å². The first-order valence-electron chi connectivity index (χ1n) is 8.21. The highest BCUT2D eigenvalue weighted by molar-refractivity contribution is 5.80. The second-order valence-corrected chi connectivity index (χ2v) is 6.56. The molecule has 0 aromatic rings. The van der Waals surface area contributed by atoms with Gasteiger partial charge in [-0.3, -0.25) is 4.90 Å².